The molecule has 0 aliphatic carbocycles. The first-order chi connectivity index (χ1) is 8.51. The summed E-state index contributed by atoms with van der Waals surface area (Å²) in [5.41, 5.74) is 0. The van der Waals surface area contributed by atoms with Crippen molar-refractivity contribution in [3.05, 3.63) is 30.1 Å². The summed E-state index contributed by atoms with van der Waals surface area (Å²) in [5, 5.41) is 5.90. The van der Waals surface area contributed by atoms with Gasteiger partial charge in [0.1, 0.15) is 5.82 Å². The van der Waals surface area contributed by atoms with Crippen molar-refractivity contribution in [2.75, 3.05) is 11.8 Å². The molecule has 9 heteroatoms. The van der Waals surface area contributed by atoms with E-state index in [-0.39, 0.29) is 16.9 Å². The van der Waals surface area contributed by atoms with Gasteiger partial charge in [0.2, 0.25) is 5.95 Å². The number of methoxy groups -OCH3 is 1. The molecule has 0 amide bonds. The molecule has 0 saturated heterocycles. The number of nitrogens with zero attached hydrogens (tertiary/aromatic N) is 2. The van der Waals surface area contributed by atoms with Crippen molar-refractivity contribution in [3.63, 3.8) is 0 Å². The lowest BCUT2D eigenvalue weighted by Gasteiger charge is -2.04. The van der Waals surface area contributed by atoms with E-state index in [0.29, 0.717) is 0 Å². The Morgan fingerprint density at radius 3 is 2.83 bits per heavy atom. The van der Waals surface area contributed by atoms with E-state index in [4.69, 9.17) is 0 Å². The number of ether oxygens (including phenoxy) is 1. The number of aromatic amines is 1. The number of sulfonamides is 1. The highest BCUT2D eigenvalue weighted by Gasteiger charge is 2.17. The Morgan fingerprint density at radius 2 is 2.22 bits per heavy atom. The summed E-state index contributed by atoms with van der Waals surface area (Å²) in [6.07, 6.45) is 0. The average Bonchev–Trinajstić information content (AvgIpc) is 2.76. The van der Waals surface area contributed by atoms with Crippen LogP contribution in [0.25, 0.3) is 0 Å². The third kappa shape index (κ3) is 2.56. The molecule has 2 rings (SSSR count). The standard InChI is InChI=1S/C9H9FN4O3S/c1-17-9-11-8(12-13-9)14-18(15,16)7-4-2-3-6(10)5-7/h2-5H,1H3,(H2,11,12,13,14). The molecule has 0 unspecified atom stereocenters. The molecule has 1 aromatic heterocycles. The minimum Gasteiger partial charge on any atom is -0.466 e. The Balaban J connectivity index is 2.27. The number of hydrogen-bond acceptors (Lipinski definition) is 5. The van der Waals surface area contributed by atoms with Crippen LogP contribution in [0.2, 0.25) is 0 Å². The second-order valence-electron chi connectivity index (χ2n) is 3.23. The first kappa shape index (κ1) is 12.3. The minimum absolute atomic E-state index is 0.00746. The van der Waals surface area contributed by atoms with Crippen LogP contribution in [0.15, 0.2) is 29.2 Å². The monoisotopic (exact) mass is 272 g/mol. The number of halogens is 1. The molecule has 96 valence electrons. The summed E-state index contributed by atoms with van der Waals surface area (Å²) in [6.45, 7) is 0. The highest BCUT2D eigenvalue weighted by molar-refractivity contribution is 7.92. The number of anilines is 1. The topological polar surface area (TPSA) is 97.0 Å². The molecule has 1 aromatic carbocycles. The normalized spacial score (nSPS) is 11.2. The van der Waals surface area contributed by atoms with E-state index in [1.807, 2.05) is 0 Å². The number of nitrogens with one attached hydrogen (secondary N) is 2. The molecule has 18 heavy (non-hydrogen) atoms. The molecule has 0 spiro atoms. The van der Waals surface area contributed by atoms with E-state index in [0.717, 1.165) is 12.1 Å². The zero-order chi connectivity index (χ0) is 13.2. The van der Waals surface area contributed by atoms with Gasteiger partial charge in [0, 0.05) is 0 Å². The zero-order valence-electron chi connectivity index (χ0n) is 9.21. The summed E-state index contributed by atoms with van der Waals surface area (Å²) < 4.78 is 43.4. The van der Waals surface area contributed by atoms with Crippen molar-refractivity contribution < 1.29 is 17.5 Å². The number of aromatic nitrogens is 3. The second kappa shape index (κ2) is 4.61. The SMILES string of the molecule is COc1n[nH]c(NS(=O)(=O)c2cccc(F)c2)n1. The second-order valence-corrected chi connectivity index (χ2v) is 4.92. The maximum absolute atomic E-state index is 12.9. The van der Waals surface area contributed by atoms with Crippen LogP contribution in [-0.2, 0) is 10.0 Å². The number of hydrogen-bond donors (Lipinski definition) is 2. The number of benzene rings is 1. The van der Waals surface area contributed by atoms with Gasteiger partial charge in [-0.3, -0.25) is 0 Å². The first-order valence-corrected chi connectivity index (χ1v) is 6.24. The maximum atomic E-state index is 12.9. The fourth-order valence-corrected chi connectivity index (χ4v) is 2.19. The van der Waals surface area contributed by atoms with Crippen LogP contribution in [0, 0.1) is 5.82 Å². The lowest BCUT2D eigenvalue weighted by molar-refractivity contribution is 0.382. The van der Waals surface area contributed by atoms with Crippen molar-refractivity contribution in [3.8, 4) is 6.01 Å². The van der Waals surface area contributed by atoms with E-state index < -0.39 is 15.8 Å². The van der Waals surface area contributed by atoms with E-state index in [2.05, 4.69) is 24.6 Å². The molecule has 0 aliphatic rings. The Labute approximate surface area is 102 Å². The van der Waals surface area contributed by atoms with Gasteiger partial charge in [0.15, 0.2) is 0 Å². The van der Waals surface area contributed by atoms with Crippen molar-refractivity contribution >= 4 is 16.0 Å². The lowest BCUT2D eigenvalue weighted by atomic mass is 10.4. The van der Waals surface area contributed by atoms with Gasteiger partial charge in [-0.15, -0.1) is 5.10 Å². The summed E-state index contributed by atoms with van der Waals surface area (Å²) in [7, 11) is -2.57. The molecule has 0 radical (unpaired) electrons. The predicted octanol–water partition coefficient (Wildman–Crippen LogP) is 0.753. The molecular weight excluding hydrogens is 263 g/mol. The smallest absolute Gasteiger partial charge is 0.336 e. The number of rotatable bonds is 4. The van der Waals surface area contributed by atoms with E-state index in [1.54, 1.807) is 0 Å². The van der Waals surface area contributed by atoms with E-state index >= 15 is 0 Å². The Hall–Kier alpha value is -2.16. The number of H-pyrrole nitrogens is 1. The van der Waals surface area contributed by atoms with Crippen LogP contribution in [-0.4, -0.2) is 30.7 Å². The Morgan fingerprint density at radius 1 is 1.44 bits per heavy atom. The molecule has 0 fully saturated rings. The third-order valence-electron chi connectivity index (χ3n) is 1.98. The minimum atomic E-state index is -3.91. The molecule has 2 N–H and O–H groups in total. The van der Waals surface area contributed by atoms with Gasteiger partial charge in [0.25, 0.3) is 10.0 Å². The van der Waals surface area contributed by atoms with Crippen LogP contribution < -0.4 is 9.46 Å². The van der Waals surface area contributed by atoms with Crippen LogP contribution in [0.3, 0.4) is 0 Å². The zero-order valence-corrected chi connectivity index (χ0v) is 10.0. The quantitative estimate of drug-likeness (QED) is 0.856. The highest BCUT2D eigenvalue weighted by Crippen LogP contribution is 2.15. The van der Waals surface area contributed by atoms with Crippen LogP contribution >= 0.6 is 0 Å². The van der Waals surface area contributed by atoms with Gasteiger partial charge in [-0.1, -0.05) is 6.07 Å². The largest absolute Gasteiger partial charge is 0.466 e. The molecule has 0 atom stereocenters. The van der Waals surface area contributed by atoms with Crippen molar-refractivity contribution in [1.82, 2.24) is 15.2 Å². The predicted molar refractivity (Wildman–Crippen MR) is 60.1 cm³/mol. The van der Waals surface area contributed by atoms with Gasteiger partial charge in [0.05, 0.1) is 12.0 Å². The van der Waals surface area contributed by atoms with Gasteiger partial charge in [-0.05, 0) is 18.2 Å². The maximum Gasteiger partial charge on any atom is 0.336 e. The molecule has 0 aliphatic heterocycles. The van der Waals surface area contributed by atoms with Crippen LogP contribution in [0.4, 0.5) is 10.3 Å². The fraction of sp³-hybridized carbons (Fsp3) is 0.111. The van der Waals surface area contributed by atoms with E-state index in [9.17, 15) is 12.8 Å². The van der Waals surface area contributed by atoms with Gasteiger partial charge in [-0.25, -0.2) is 22.6 Å². The van der Waals surface area contributed by atoms with Crippen molar-refractivity contribution in [1.29, 1.82) is 0 Å². The Bertz CT molecular complexity index is 655. The molecule has 7 nitrogen and oxygen atoms in total. The highest BCUT2D eigenvalue weighted by atomic mass is 32.2. The molecule has 2 aromatic rings. The van der Waals surface area contributed by atoms with Gasteiger partial charge in [-0.2, -0.15) is 4.98 Å². The summed E-state index contributed by atoms with van der Waals surface area (Å²) in [4.78, 5) is 3.48. The molecule has 0 saturated carbocycles. The Kier molecular flexibility index (Phi) is 3.15. The summed E-state index contributed by atoms with van der Waals surface area (Å²) >= 11 is 0. The molecule has 0 bridgehead atoms. The van der Waals surface area contributed by atoms with Crippen LogP contribution in [0.1, 0.15) is 0 Å². The van der Waals surface area contributed by atoms with Crippen molar-refractivity contribution in [2.45, 2.75) is 4.90 Å². The lowest BCUT2D eigenvalue weighted by Crippen LogP contribution is -2.14. The summed E-state index contributed by atoms with van der Waals surface area (Å²) in [6, 6.07) is 4.60. The van der Waals surface area contributed by atoms with Gasteiger partial charge < -0.3 is 4.74 Å². The molecular formula is C9H9FN4O3S. The van der Waals surface area contributed by atoms with Crippen molar-refractivity contribution in [2.24, 2.45) is 0 Å². The fourth-order valence-electron chi connectivity index (χ4n) is 1.20. The first-order valence-electron chi connectivity index (χ1n) is 4.76. The molecule has 1 heterocycles. The average molecular weight is 272 g/mol. The summed E-state index contributed by atoms with van der Waals surface area (Å²) in [5.74, 6) is -0.760. The van der Waals surface area contributed by atoms with E-state index in [1.165, 1.54) is 19.2 Å². The van der Waals surface area contributed by atoms with Gasteiger partial charge >= 0.3 is 6.01 Å². The van der Waals surface area contributed by atoms with Crippen LogP contribution in [0.5, 0.6) is 6.01 Å². The third-order valence-corrected chi connectivity index (χ3v) is 3.32.